The fraction of sp³-hybridized carbons (Fsp3) is 0. The van der Waals surface area contributed by atoms with Crippen LogP contribution in [0.25, 0.3) is 12.7 Å². The Bertz CT molecular complexity index is 1100. The molecule has 3 aromatic rings. The zero-order valence-corrected chi connectivity index (χ0v) is 14.7. The van der Waals surface area contributed by atoms with Gasteiger partial charge in [-0.2, -0.15) is 8.42 Å². The molecule has 5 nitrogen and oxygen atoms in total. The van der Waals surface area contributed by atoms with Gasteiger partial charge in [-0.25, -0.2) is 0 Å². The Morgan fingerprint density at radius 3 is 2.25 bits per heavy atom. The van der Waals surface area contributed by atoms with E-state index >= 15 is 0 Å². The molecule has 0 aliphatic carbocycles. The van der Waals surface area contributed by atoms with Gasteiger partial charge in [0.2, 0.25) is 0 Å². The fourth-order valence-corrected chi connectivity index (χ4v) is 3.97. The van der Waals surface area contributed by atoms with Crippen LogP contribution in [0.2, 0.25) is 0 Å². The minimum Gasteiger partial charge on any atom is -1.00 e. The van der Waals surface area contributed by atoms with Gasteiger partial charge in [0.25, 0.3) is 5.56 Å². The zero-order chi connectivity index (χ0) is 16.4. The Balaban J connectivity index is 0.00000208. The molecule has 3 rings (SSSR count). The van der Waals surface area contributed by atoms with Gasteiger partial charge in [-0.15, -0.1) is 11.3 Å². The number of aromatic amines is 1. The minimum atomic E-state index is -3.61. The van der Waals surface area contributed by atoms with Crippen LogP contribution < -0.4 is 31.1 Å². The van der Waals surface area contributed by atoms with Crippen molar-refractivity contribution in [1.29, 1.82) is 0 Å². The van der Waals surface area contributed by atoms with Crippen molar-refractivity contribution >= 4 is 34.0 Å². The maximum absolute atomic E-state index is 12.5. The summed E-state index contributed by atoms with van der Waals surface area (Å²) in [6.45, 7) is 3.68. The maximum atomic E-state index is 12.5. The Hall–Kier alpha value is -2.22. The summed E-state index contributed by atoms with van der Waals surface area (Å²) < 4.78 is 27.2. The molecule has 24 heavy (non-hydrogen) atoms. The molecule has 0 saturated carbocycles. The summed E-state index contributed by atoms with van der Waals surface area (Å²) in [5, 5.41) is 0. The van der Waals surface area contributed by atoms with Crippen LogP contribution in [0.3, 0.4) is 0 Å². The fourth-order valence-electron chi connectivity index (χ4n) is 2.04. The van der Waals surface area contributed by atoms with Crippen LogP contribution in [-0.4, -0.2) is 13.4 Å². The van der Waals surface area contributed by atoms with Gasteiger partial charge in [-0.3, -0.25) is 4.79 Å². The molecule has 1 aromatic carbocycles. The first kappa shape index (κ1) is 18.1. The van der Waals surface area contributed by atoms with Crippen molar-refractivity contribution in [2.24, 2.45) is 0 Å². The number of thiazole rings is 1. The lowest BCUT2D eigenvalue weighted by molar-refractivity contribution is -0.511. The summed E-state index contributed by atoms with van der Waals surface area (Å²) in [5.74, 6) is 0. The molecule has 0 fully saturated rings. The van der Waals surface area contributed by atoms with Crippen molar-refractivity contribution in [2.45, 2.75) is 4.90 Å². The molecule has 1 N–H and O–H groups in total. The smallest absolute Gasteiger partial charge is 0.399 e. The van der Waals surface area contributed by atoms with Gasteiger partial charge < -0.3 is 17.4 Å². The second-order valence-corrected chi connectivity index (χ2v) is 7.75. The molecule has 0 unspecified atom stereocenters. The third-order valence-electron chi connectivity index (χ3n) is 3.15. The summed E-state index contributed by atoms with van der Waals surface area (Å²) in [6, 6.07) is 11.4. The van der Waals surface area contributed by atoms with Crippen molar-refractivity contribution in [3.63, 3.8) is 0 Å². The molecule has 0 saturated heterocycles. The average molecular weight is 381 g/mol. The molecule has 124 valence electrons. The number of aromatic nitrogens is 2. The molecule has 8 heteroatoms. The molecule has 0 bridgehead atoms. The van der Waals surface area contributed by atoms with Gasteiger partial charge in [0.1, 0.15) is 4.90 Å². The van der Waals surface area contributed by atoms with Crippen molar-refractivity contribution in [1.82, 2.24) is 4.98 Å². The number of nitrogens with zero attached hydrogens (tertiary/aromatic N) is 1. The lowest BCUT2D eigenvalue weighted by Crippen LogP contribution is -3.00. The lowest BCUT2D eigenvalue weighted by Gasteiger charge is -1.99. The number of halogens is 1. The third-order valence-corrected chi connectivity index (χ3v) is 5.69. The third kappa shape index (κ3) is 3.64. The highest BCUT2D eigenvalue weighted by Gasteiger charge is 2.23. The van der Waals surface area contributed by atoms with Crippen molar-refractivity contribution in [3.05, 3.63) is 80.0 Å². The molecule has 2 aromatic heterocycles. The minimum absolute atomic E-state index is 0. The van der Waals surface area contributed by atoms with E-state index < -0.39 is 10.0 Å². The van der Waals surface area contributed by atoms with Gasteiger partial charge in [0, 0.05) is 12.1 Å². The van der Waals surface area contributed by atoms with Crippen molar-refractivity contribution in [2.75, 3.05) is 0 Å². The van der Waals surface area contributed by atoms with Crippen LogP contribution in [0.15, 0.2) is 64.5 Å². The van der Waals surface area contributed by atoms with Gasteiger partial charge in [-0.05, 0) is 23.8 Å². The van der Waals surface area contributed by atoms with Gasteiger partial charge in [0.15, 0.2) is 12.4 Å². The second kappa shape index (κ2) is 7.12. The SMILES string of the molecule is C=c1[nH]c(=O)/c(=C\c2ccc(S(=O)(=O)[n+]3ccccc3)cc2)s1.[Cl-]. The van der Waals surface area contributed by atoms with Gasteiger partial charge >= 0.3 is 10.0 Å². The number of hydrogen-bond donors (Lipinski definition) is 1. The summed E-state index contributed by atoms with van der Waals surface area (Å²) in [5.41, 5.74) is 0.547. The predicted molar refractivity (Wildman–Crippen MR) is 88.9 cm³/mol. The number of rotatable bonds is 3. The number of pyridine rings is 1. The van der Waals surface area contributed by atoms with Crippen molar-refractivity contribution in [3.8, 4) is 0 Å². The lowest BCUT2D eigenvalue weighted by atomic mass is 10.2. The Morgan fingerprint density at radius 1 is 1.08 bits per heavy atom. The van der Waals surface area contributed by atoms with E-state index in [4.69, 9.17) is 0 Å². The molecule has 0 radical (unpaired) electrons. The molecular weight excluding hydrogens is 368 g/mol. The van der Waals surface area contributed by atoms with E-state index in [1.807, 2.05) is 0 Å². The standard InChI is InChI=1S/C16H12N2O3S2.ClH/c1-12-17-16(19)15(22-12)11-13-5-7-14(8-6-13)23(20,21)18-9-3-2-4-10-18;/h2-11H,1H2;1H/b15-11+;. The largest absolute Gasteiger partial charge is 1.00 e. The second-order valence-electron chi connectivity index (χ2n) is 4.77. The maximum Gasteiger partial charge on any atom is 0.399 e. The van der Waals surface area contributed by atoms with E-state index in [1.165, 1.54) is 35.9 Å². The molecule has 2 heterocycles. The van der Waals surface area contributed by atoms with Crippen LogP contribution >= 0.6 is 11.3 Å². The van der Waals surface area contributed by atoms with E-state index in [1.54, 1.807) is 36.4 Å². The molecule has 0 aliphatic rings. The predicted octanol–water partition coefficient (Wildman–Crippen LogP) is -2.80. The summed E-state index contributed by atoms with van der Waals surface area (Å²) >= 11 is 1.26. The van der Waals surface area contributed by atoms with Crippen LogP contribution in [0.1, 0.15) is 5.56 Å². The Labute approximate surface area is 148 Å². The Morgan fingerprint density at radius 2 is 1.71 bits per heavy atom. The van der Waals surface area contributed by atoms with Gasteiger partial charge in [0.05, 0.1) is 9.20 Å². The highest BCUT2D eigenvalue weighted by Crippen LogP contribution is 2.10. The van der Waals surface area contributed by atoms with Crippen LogP contribution in [-0.2, 0) is 10.0 Å². The van der Waals surface area contributed by atoms with Crippen molar-refractivity contribution < 1.29 is 24.8 Å². The first-order valence-corrected chi connectivity index (χ1v) is 8.94. The first-order chi connectivity index (χ1) is 11.0. The molecule has 0 atom stereocenters. The van der Waals surface area contributed by atoms with E-state index in [0.717, 1.165) is 9.54 Å². The number of benzene rings is 1. The zero-order valence-electron chi connectivity index (χ0n) is 12.3. The normalized spacial score (nSPS) is 11.9. The number of H-pyrrole nitrogens is 1. The first-order valence-electron chi connectivity index (χ1n) is 6.68. The quantitative estimate of drug-likeness (QED) is 0.499. The van der Waals surface area contributed by atoms with Crippen LogP contribution in [0.4, 0.5) is 0 Å². The average Bonchev–Trinajstić information content (AvgIpc) is 2.86. The highest BCUT2D eigenvalue weighted by molar-refractivity contribution is 7.85. The summed E-state index contributed by atoms with van der Waals surface area (Å²) in [6.07, 6.45) is 4.66. The topological polar surface area (TPSA) is 70.9 Å². The molecular formula is C16H13ClN2O3S2. The van der Waals surface area contributed by atoms with E-state index in [2.05, 4.69) is 11.6 Å². The number of nitrogens with one attached hydrogen (secondary N) is 1. The van der Waals surface area contributed by atoms with E-state index in [9.17, 15) is 13.2 Å². The molecule has 0 amide bonds. The Kier molecular flexibility index (Phi) is 5.38. The van der Waals surface area contributed by atoms with Gasteiger partial charge in [-0.1, -0.05) is 28.8 Å². The van der Waals surface area contributed by atoms with E-state index in [0.29, 0.717) is 9.20 Å². The molecule has 0 aliphatic heterocycles. The molecule has 0 spiro atoms. The van der Waals surface area contributed by atoms with E-state index in [-0.39, 0.29) is 22.9 Å². The summed E-state index contributed by atoms with van der Waals surface area (Å²) in [4.78, 5) is 14.4. The number of hydrogen-bond acceptors (Lipinski definition) is 4. The van der Waals surface area contributed by atoms with Crippen LogP contribution in [0, 0.1) is 0 Å². The summed E-state index contributed by atoms with van der Waals surface area (Å²) in [7, 11) is -3.61. The van der Waals surface area contributed by atoms with Crippen LogP contribution in [0.5, 0.6) is 0 Å². The highest BCUT2D eigenvalue weighted by atomic mass is 35.5. The monoisotopic (exact) mass is 380 g/mol.